The molecule has 0 spiro atoms. The maximum absolute atomic E-state index is 9.64. The second-order valence-corrected chi connectivity index (χ2v) is 4.57. The third-order valence-electron chi connectivity index (χ3n) is 3.28. The Morgan fingerprint density at radius 3 is 2.67 bits per heavy atom. The summed E-state index contributed by atoms with van der Waals surface area (Å²) in [7, 11) is 2.14. The summed E-state index contributed by atoms with van der Waals surface area (Å²) in [5.41, 5.74) is 0. The Hall–Kier alpha value is -0.160. The Labute approximate surface area is 93.2 Å². The van der Waals surface area contributed by atoms with Gasteiger partial charge < -0.3 is 5.11 Å². The topological polar surface area (TPSA) is 38.7 Å². The van der Waals surface area contributed by atoms with Crippen LogP contribution in [-0.4, -0.2) is 60.0 Å². The summed E-state index contributed by atoms with van der Waals surface area (Å²) in [4.78, 5) is 4.46. The summed E-state index contributed by atoms with van der Waals surface area (Å²) in [5.74, 6) is 0. The van der Waals surface area contributed by atoms with E-state index in [1.165, 1.54) is 0 Å². The minimum absolute atomic E-state index is 0.351. The fraction of sp³-hybridized carbons (Fsp3) is 1.00. The third-order valence-corrected chi connectivity index (χ3v) is 3.28. The van der Waals surface area contributed by atoms with E-state index in [9.17, 15) is 5.11 Å². The summed E-state index contributed by atoms with van der Waals surface area (Å²) >= 11 is 0. The summed E-state index contributed by atoms with van der Waals surface area (Å²) < 4.78 is 0. The molecule has 0 saturated carbocycles. The molecule has 0 aliphatic carbocycles. The van der Waals surface area contributed by atoms with Crippen molar-refractivity contribution in [1.82, 2.24) is 15.1 Å². The van der Waals surface area contributed by atoms with Crippen molar-refractivity contribution in [3.63, 3.8) is 0 Å². The molecule has 0 bridgehead atoms. The fourth-order valence-corrected chi connectivity index (χ4v) is 2.04. The monoisotopic (exact) mass is 215 g/mol. The van der Waals surface area contributed by atoms with Crippen LogP contribution in [0.25, 0.3) is 0 Å². The standard InChI is InChI=1S/C11H25N3O/c1-5-6-14(10(3)15)8-11-12-7-9(2)13(11)4/h9-12,15H,5-8H2,1-4H3. The van der Waals surface area contributed by atoms with Gasteiger partial charge in [0.05, 0.1) is 6.17 Å². The van der Waals surface area contributed by atoms with Crippen molar-refractivity contribution in [3.05, 3.63) is 0 Å². The molecule has 4 heteroatoms. The maximum atomic E-state index is 9.64. The van der Waals surface area contributed by atoms with E-state index in [1.807, 2.05) is 6.92 Å². The van der Waals surface area contributed by atoms with Crippen LogP contribution in [0.15, 0.2) is 0 Å². The second kappa shape index (κ2) is 5.80. The Balaban J connectivity index is 2.44. The average molecular weight is 215 g/mol. The zero-order valence-electron chi connectivity index (χ0n) is 10.4. The number of aliphatic hydroxyl groups excluding tert-OH is 1. The number of aliphatic hydroxyl groups is 1. The van der Waals surface area contributed by atoms with E-state index in [0.717, 1.165) is 26.1 Å². The number of hydrogen-bond donors (Lipinski definition) is 2. The van der Waals surface area contributed by atoms with Crippen LogP contribution in [0.5, 0.6) is 0 Å². The highest BCUT2D eigenvalue weighted by Crippen LogP contribution is 2.10. The van der Waals surface area contributed by atoms with E-state index in [2.05, 4.69) is 36.0 Å². The van der Waals surface area contributed by atoms with Gasteiger partial charge in [0.2, 0.25) is 0 Å². The van der Waals surface area contributed by atoms with Gasteiger partial charge in [-0.05, 0) is 27.3 Å². The molecule has 3 atom stereocenters. The SMILES string of the molecule is CCCN(CC1NCC(C)N1C)C(C)O. The first-order valence-corrected chi connectivity index (χ1v) is 5.93. The van der Waals surface area contributed by atoms with Gasteiger partial charge >= 0.3 is 0 Å². The molecule has 4 nitrogen and oxygen atoms in total. The van der Waals surface area contributed by atoms with Crippen LogP contribution in [0.2, 0.25) is 0 Å². The van der Waals surface area contributed by atoms with E-state index in [4.69, 9.17) is 0 Å². The van der Waals surface area contributed by atoms with Crippen molar-refractivity contribution >= 4 is 0 Å². The van der Waals surface area contributed by atoms with Crippen molar-refractivity contribution < 1.29 is 5.11 Å². The second-order valence-electron chi connectivity index (χ2n) is 4.57. The maximum Gasteiger partial charge on any atom is 0.104 e. The first-order valence-electron chi connectivity index (χ1n) is 5.93. The number of likely N-dealkylation sites (N-methyl/N-ethyl adjacent to an activating group) is 1. The van der Waals surface area contributed by atoms with E-state index >= 15 is 0 Å². The Morgan fingerprint density at radius 2 is 2.27 bits per heavy atom. The molecule has 0 aromatic heterocycles. The van der Waals surface area contributed by atoms with Crippen molar-refractivity contribution in [2.24, 2.45) is 0 Å². The summed E-state index contributed by atoms with van der Waals surface area (Å²) in [6, 6.07) is 0.590. The van der Waals surface area contributed by atoms with E-state index in [1.54, 1.807) is 0 Å². The molecular formula is C11H25N3O. The molecule has 3 unspecified atom stereocenters. The van der Waals surface area contributed by atoms with Gasteiger partial charge in [-0.25, -0.2) is 0 Å². The van der Waals surface area contributed by atoms with Crippen LogP contribution in [0.3, 0.4) is 0 Å². The predicted molar refractivity (Wildman–Crippen MR) is 62.6 cm³/mol. The van der Waals surface area contributed by atoms with Crippen LogP contribution in [0.4, 0.5) is 0 Å². The summed E-state index contributed by atoms with van der Waals surface area (Å²) in [5, 5.41) is 13.1. The van der Waals surface area contributed by atoms with Gasteiger partial charge in [-0.1, -0.05) is 6.92 Å². The molecule has 1 aliphatic heterocycles. The zero-order valence-corrected chi connectivity index (χ0v) is 10.4. The average Bonchev–Trinajstić information content (AvgIpc) is 2.48. The van der Waals surface area contributed by atoms with Crippen molar-refractivity contribution in [2.75, 3.05) is 26.7 Å². The zero-order chi connectivity index (χ0) is 11.4. The highest BCUT2D eigenvalue weighted by Gasteiger charge is 2.28. The van der Waals surface area contributed by atoms with Gasteiger partial charge in [-0.3, -0.25) is 15.1 Å². The molecule has 90 valence electrons. The summed E-state index contributed by atoms with van der Waals surface area (Å²) in [6.07, 6.45) is 1.11. The highest BCUT2D eigenvalue weighted by molar-refractivity contribution is 4.84. The van der Waals surface area contributed by atoms with Crippen molar-refractivity contribution in [3.8, 4) is 0 Å². The van der Waals surface area contributed by atoms with Crippen molar-refractivity contribution in [1.29, 1.82) is 0 Å². The quantitative estimate of drug-likeness (QED) is 0.647. The molecule has 15 heavy (non-hydrogen) atoms. The van der Waals surface area contributed by atoms with Gasteiger partial charge in [0.15, 0.2) is 0 Å². The molecule has 1 fully saturated rings. The molecule has 1 saturated heterocycles. The molecular weight excluding hydrogens is 190 g/mol. The van der Waals surface area contributed by atoms with Crippen LogP contribution >= 0.6 is 0 Å². The van der Waals surface area contributed by atoms with Crippen LogP contribution in [0.1, 0.15) is 27.2 Å². The van der Waals surface area contributed by atoms with Gasteiger partial charge in [0.1, 0.15) is 6.23 Å². The Bertz CT molecular complexity index is 185. The number of rotatable bonds is 5. The predicted octanol–water partition coefficient (Wildman–Crippen LogP) is 0.286. The van der Waals surface area contributed by atoms with Gasteiger partial charge in [0, 0.05) is 25.7 Å². The molecule has 0 radical (unpaired) electrons. The molecule has 0 aromatic rings. The Kier molecular flexibility index (Phi) is 4.99. The minimum Gasteiger partial charge on any atom is -0.379 e. The lowest BCUT2D eigenvalue weighted by atomic mass is 10.3. The van der Waals surface area contributed by atoms with Crippen molar-refractivity contribution in [2.45, 2.75) is 45.6 Å². The number of nitrogens with one attached hydrogen (secondary N) is 1. The van der Waals surface area contributed by atoms with Gasteiger partial charge in [-0.15, -0.1) is 0 Å². The molecule has 1 aliphatic rings. The molecule has 2 N–H and O–H groups in total. The van der Waals surface area contributed by atoms with E-state index in [0.29, 0.717) is 12.2 Å². The Morgan fingerprint density at radius 1 is 1.60 bits per heavy atom. The van der Waals surface area contributed by atoms with Crippen LogP contribution < -0.4 is 5.32 Å². The third kappa shape index (κ3) is 3.41. The lowest BCUT2D eigenvalue weighted by molar-refractivity contribution is 0.00185. The van der Waals surface area contributed by atoms with E-state index < -0.39 is 0 Å². The van der Waals surface area contributed by atoms with Crippen LogP contribution in [0, 0.1) is 0 Å². The van der Waals surface area contributed by atoms with Crippen LogP contribution in [-0.2, 0) is 0 Å². The lowest BCUT2D eigenvalue weighted by Crippen LogP contribution is -2.48. The first-order chi connectivity index (χ1) is 7.06. The highest BCUT2D eigenvalue weighted by atomic mass is 16.3. The largest absolute Gasteiger partial charge is 0.379 e. The van der Waals surface area contributed by atoms with Gasteiger partial charge in [-0.2, -0.15) is 0 Å². The summed E-state index contributed by atoms with van der Waals surface area (Å²) in [6.45, 7) is 9.10. The molecule has 1 rings (SSSR count). The fourth-order valence-electron chi connectivity index (χ4n) is 2.04. The molecule has 1 heterocycles. The number of nitrogens with zero attached hydrogens (tertiary/aromatic N) is 2. The first kappa shape index (κ1) is 12.9. The molecule has 0 aromatic carbocycles. The van der Waals surface area contributed by atoms with E-state index in [-0.39, 0.29) is 6.23 Å². The lowest BCUT2D eigenvalue weighted by Gasteiger charge is -2.31. The minimum atomic E-state index is -0.351. The van der Waals surface area contributed by atoms with Gasteiger partial charge in [0.25, 0.3) is 0 Å². The normalized spacial score (nSPS) is 30.0. The number of hydrogen-bond acceptors (Lipinski definition) is 4. The molecule has 0 amide bonds. The smallest absolute Gasteiger partial charge is 0.104 e.